The molecule has 10 heavy (non-hydrogen) atoms. The van der Waals surface area contributed by atoms with Crippen molar-refractivity contribution in [2.75, 3.05) is 19.7 Å². The van der Waals surface area contributed by atoms with Crippen LogP contribution < -0.4 is 0 Å². The molecule has 1 N–H and O–H groups in total. The highest BCUT2D eigenvalue weighted by atomic mass is 16.6. The fraction of sp³-hybridized carbons (Fsp3) is 1.00. The molecule has 1 heterocycles. The van der Waals surface area contributed by atoms with E-state index < -0.39 is 6.29 Å². The molecular formula is C7H15NO2. The Morgan fingerprint density at radius 1 is 1.70 bits per heavy atom. The number of nitrogens with zero attached hydrogens (tertiary/aromatic N) is 1. The number of aliphatic hydroxyl groups is 1. The van der Waals surface area contributed by atoms with E-state index >= 15 is 0 Å². The molecule has 0 spiro atoms. The molecule has 0 radical (unpaired) electrons. The Kier molecular flexibility index (Phi) is 2.65. The fourth-order valence-corrected chi connectivity index (χ4v) is 1.26. The number of hydrogen-bond donors (Lipinski definition) is 1. The smallest absolute Gasteiger partial charge is 0.169 e. The quantitative estimate of drug-likeness (QED) is 0.565. The number of ether oxygens (including phenoxy) is 1. The lowest BCUT2D eigenvalue weighted by Crippen LogP contribution is -2.49. The van der Waals surface area contributed by atoms with Gasteiger partial charge < -0.3 is 9.84 Å². The summed E-state index contributed by atoms with van der Waals surface area (Å²) in [6.45, 7) is 6.65. The van der Waals surface area contributed by atoms with Crippen molar-refractivity contribution in [1.29, 1.82) is 0 Å². The number of aliphatic hydroxyl groups excluding tert-OH is 1. The summed E-state index contributed by atoms with van der Waals surface area (Å²) in [5.74, 6) is 0. The summed E-state index contributed by atoms with van der Waals surface area (Å²) >= 11 is 0. The third-order valence-electron chi connectivity index (χ3n) is 2.06. The molecule has 2 atom stereocenters. The number of hydrogen-bond acceptors (Lipinski definition) is 3. The van der Waals surface area contributed by atoms with E-state index in [2.05, 4.69) is 11.8 Å². The zero-order chi connectivity index (χ0) is 7.56. The van der Waals surface area contributed by atoms with Gasteiger partial charge in [-0.05, 0) is 13.5 Å². The van der Waals surface area contributed by atoms with Crippen LogP contribution in [0.5, 0.6) is 0 Å². The predicted octanol–water partition coefficient (Wildman–Crippen LogP) is 0.0454. The van der Waals surface area contributed by atoms with E-state index in [1.54, 1.807) is 0 Å². The third kappa shape index (κ3) is 1.48. The van der Waals surface area contributed by atoms with Crippen LogP contribution in [0.4, 0.5) is 0 Å². The van der Waals surface area contributed by atoms with Crippen molar-refractivity contribution < 1.29 is 9.84 Å². The molecule has 3 nitrogen and oxygen atoms in total. The van der Waals surface area contributed by atoms with Crippen LogP contribution in [0, 0.1) is 0 Å². The Labute approximate surface area is 61.6 Å². The first-order valence-corrected chi connectivity index (χ1v) is 3.79. The van der Waals surface area contributed by atoms with Gasteiger partial charge in [0.1, 0.15) is 0 Å². The van der Waals surface area contributed by atoms with Crippen molar-refractivity contribution in [1.82, 2.24) is 4.90 Å². The van der Waals surface area contributed by atoms with E-state index in [0.717, 1.165) is 13.1 Å². The molecule has 0 amide bonds. The molecule has 0 aromatic heterocycles. The molecule has 1 fully saturated rings. The van der Waals surface area contributed by atoms with Crippen molar-refractivity contribution in [3.63, 3.8) is 0 Å². The standard InChI is InChI=1S/C7H15NO2/c1-3-8-4-5-10-7(9)6(8)2/h6-7,9H,3-5H2,1-2H3/t6-,7+/m0/s1. The molecular weight excluding hydrogens is 130 g/mol. The Morgan fingerprint density at radius 2 is 2.40 bits per heavy atom. The second kappa shape index (κ2) is 3.32. The summed E-state index contributed by atoms with van der Waals surface area (Å²) in [5, 5.41) is 9.22. The molecule has 0 aliphatic carbocycles. The maximum atomic E-state index is 9.22. The van der Waals surface area contributed by atoms with Gasteiger partial charge in [0.15, 0.2) is 6.29 Å². The van der Waals surface area contributed by atoms with Gasteiger partial charge in [-0.2, -0.15) is 0 Å². The first kappa shape index (κ1) is 7.98. The van der Waals surface area contributed by atoms with Gasteiger partial charge in [-0.3, -0.25) is 4.90 Å². The van der Waals surface area contributed by atoms with Gasteiger partial charge in [-0.1, -0.05) is 6.92 Å². The highest BCUT2D eigenvalue weighted by Gasteiger charge is 2.24. The zero-order valence-corrected chi connectivity index (χ0v) is 6.58. The fourth-order valence-electron chi connectivity index (χ4n) is 1.26. The molecule has 0 unspecified atom stereocenters. The largest absolute Gasteiger partial charge is 0.367 e. The van der Waals surface area contributed by atoms with Crippen molar-refractivity contribution in [3.8, 4) is 0 Å². The molecule has 3 heteroatoms. The summed E-state index contributed by atoms with van der Waals surface area (Å²) in [4.78, 5) is 2.20. The van der Waals surface area contributed by atoms with Crippen LogP contribution in [0.3, 0.4) is 0 Å². The Morgan fingerprint density at radius 3 is 2.90 bits per heavy atom. The Balaban J connectivity index is 2.42. The van der Waals surface area contributed by atoms with Gasteiger partial charge in [-0.15, -0.1) is 0 Å². The minimum absolute atomic E-state index is 0.152. The molecule has 0 aromatic carbocycles. The SMILES string of the molecule is CCN1CCO[C@@H](O)[C@@H]1C. The minimum Gasteiger partial charge on any atom is -0.367 e. The number of rotatable bonds is 1. The second-order valence-electron chi connectivity index (χ2n) is 2.63. The van der Waals surface area contributed by atoms with E-state index in [-0.39, 0.29) is 6.04 Å². The van der Waals surface area contributed by atoms with Crippen molar-refractivity contribution in [3.05, 3.63) is 0 Å². The first-order valence-electron chi connectivity index (χ1n) is 3.79. The van der Waals surface area contributed by atoms with Gasteiger partial charge in [0.25, 0.3) is 0 Å². The molecule has 1 aliphatic rings. The third-order valence-corrected chi connectivity index (χ3v) is 2.06. The lowest BCUT2D eigenvalue weighted by atomic mass is 10.2. The molecule has 0 saturated carbocycles. The predicted molar refractivity (Wildman–Crippen MR) is 38.7 cm³/mol. The average Bonchev–Trinajstić information content (AvgIpc) is 1.95. The highest BCUT2D eigenvalue weighted by molar-refractivity contribution is 4.72. The molecule has 1 aliphatic heterocycles. The molecule has 1 saturated heterocycles. The summed E-state index contributed by atoms with van der Waals surface area (Å²) in [6.07, 6.45) is -0.589. The van der Waals surface area contributed by atoms with Crippen LogP contribution in [0.15, 0.2) is 0 Å². The van der Waals surface area contributed by atoms with E-state index in [1.807, 2.05) is 6.92 Å². The summed E-state index contributed by atoms with van der Waals surface area (Å²) < 4.78 is 5.04. The maximum absolute atomic E-state index is 9.22. The first-order chi connectivity index (χ1) is 4.75. The second-order valence-corrected chi connectivity index (χ2v) is 2.63. The van der Waals surface area contributed by atoms with Crippen LogP contribution in [0.2, 0.25) is 0 Å². The normalized spacial score (nSPS) is 36.3. The van der Waals surface area contributed by atoms with Crippen LogP contribution in [0.1, 0.15) is 13.8 Å². The van der Waals surface area contributed by atoms with Gasteiger partial charge in [0, 0.05) is 6.54 Å². The molecule has 0 aromatic rings. The van der Waals surface area contributed by atoms with Crippen molar-refractivity contribution >= 4 is 0 Å². The zero-order valence-electron chi connectivity index (χ0n) is 6.58. The van der Waals surface area contributed by atoms with Crippen LogP contribution >= 0.6 is 0 Å². The van der Waals surface area contributed by atoms with Gasteiger partial charge >= 0.3 is 0 Å². The minimum atomic E-state index is -0.589. The summed E-state index contributed by atoms with van der Waals surface area (Å²) in [5.41, 5.74) is 0. The highest BCUT2D eigenvalue weighted by Crippen LogP contribution is 2.10. The summed E-state index contributed by atoms with van der Waals surface area (Å²) in [7, 11) is 0. The molecule has 0 bridgehead atoms. The molecule has 1 rings (SSSR count). The van der Waals surface area contributed by atoms with Crippen LogP contribution in [-0.4, -0.2) is 42.0 Å². The van der Waals surface area contributed by atoms with Crippen molar-refractivity contribution in [2.24, 2.45) is 0 Å². The number of likely N-dealkylation sites (N-methyl/N-ethyl adjacent to an activating group) is 1. The lowest BCUT2D eigenvalue weighted by molar-refractivity contribution is -0.173. The summed E-state index contributed by atoms with van der Waals surface area (Å²) in [6, 6.07) is 0.152. The number of morpholine rings is 1. The average molecular weight is 145 g/mol. The van der Waals surface area contributed by atoms with E-state index in [1.165, 1.54) is 0 Å². The van der Waals surface area contributed by atoms with Gasteiger partial charge in [0.2, 0.25) is 0 Å². The lowest BCUT2D eigenvalue weighted by Gasteiger charge is -2.35. The van der Waals surface area contributed by atoms with Crippen molar-refractivity contribution in [2.45, 2.75) is 26.2 Å². The van der Waals surface area contributed by atoms with Gasteiger partial charge in [-0.25, -0.2) is 0 Å². The monoisotopic (exact) mass is 145 g/mol. The van der Waals surface area contributed by atoms with Crippen LogP contribution in [-0.2, 0) is 4.74 Å². The Bertz CT molecular complexity index is 108. The van der Waals surface area contributed by atoms with Crippen LogP contribution in [0.25, 0.3) is 0 Å². The molecule has 60 valence electrons. The van der Waals surface area contributed by atoms with E-state index in [0.29, 0.717) is 6.61 Å². The topological polar surface area (TPSA) is 32.7 Å². The van der Waals surface area contributed by atoms with E-state index in [9.17, 15) is 5.11 Å². The van der Waals surface area contributed by atoms with E-state index in [4.69, 9.17) is 4.74 Å². The maximum Gasteiger partial charge on any atom is 0.169 e. The Hall–Kier alpha value is -0.120. The van der Waals surface area contributed by atoms with Gasteiger partial charge in [0.05, 0.1) is 12.6 Å².